The van der Waals surface area contributed by atoms with E-state index in [0.717, 1.165) is 42.1 Å². The Morgan fingerprint density at radius 3 is 2.95 bits per heavy atom. The molecule has 4 rings (SSSR count). The van der Waals surface area contributed by atoms with Gasteiger partial charge in [0.1, 0.15) is 11.6 Å². The minimum Gasteiger partial charge on any atom is -0.352 e. The zero-order valence-electron chi connectivity index (χ0n) is 12.5. The second kappa shape index (κ2) is 5.09. The van der Waals surface area contributed by atoms with Gasteiger partial charge in [0, 0.05) is 30.9 Å². The summed E-state index contributed by atoms with van der Waals surface area (Å²) in [4.78, 5) is 6.83. The first-order valence-corrected chi connectivity index (χ1v) is 7.60. The van der Waals surface area contributed by atoms with Crippen molar-refractivity contribution in [1.29, 1.82) is 0 Å². The van der Waals surface area contributed by atoms with Gasteiger partial charge in [-0.15, -0.1) is 0 Å². The Kier molecular flexibility index (Phi) is 3.06. The largest absolute Gasteiger partial charge is 0.352 e. The van der Waals surface area contributed by atoms with E-state index in [2.05, 4.69) is 28.0 Å². The van der Waals surface area contributed by atoms with Gasteiger partial charge < -0.3 is 4.90 Å². The van der Waals surface area contributed by atoms with Crippen LogP contribution in [-0.2, 0) is 19.4 Å². The summed E-state index contributed by atoms with van der Waals surface area (Å²) in [5, 5.41) is 4.38. The fraction of sp³-hybridized carbons (Fsp3) is 0.294. The molecule has 1 aliphatic heterocycles. The molecule has 1 aliphatic rings. The molecule has 4 nitrogen and oxygen atoms in total. The maximum Gasteiger partial charge on any atom is 0.157 e. The third-order valence-corrected chi connectivity index (χ3v) is 4.26. The molecular formula is C17H17FN4. The van der Waals surface area contributed by atoms with Gasteiger partial charge in [-0.25, -0.2) is 9.37 Å². The highest BCUT2D eigenvalue weighted by Crippen LogP contribution is 2.26. The summed E-state index contributed by atoms with van der Waals surface area (Å²) in [6, 6.07) is 9.09. The number of halogens is 1. The van der Waals surface area contributed by atoms with Crippen molar-refractivity contribution in [2.75, 3.05) is 11.4 Å². The van der Waals surface area contributed by atoms with Crippen molar-refractivity contribution in [3.8, 4) is 0 Å². The number of rotatable bonds is 2. The molecule has 0 fully saturated rings. The number of hydrogen-bond donors (Lipinski definition) is 0. The average molecular weight is 296 g/mol. The number of aromatic nitrogens is 3. The fourth-order valence-corrected chi connectivity index (χ4v) is 3.07. The molecule has 0 amide bonds. The molecule has 0 unspecified atom stereocenters. The molecule has 5 heteroatoms. The van der Waals surface area contributed by atoms with Crippen LogP contribution in [0, 0.1) is 5.82 Å². The predicted molar refractivity (Wildman–Crippen MR) is 83.5 cm³/mol. The first-order valence-electron chi connectivity index (χ1n) is 7.60. The summed E-state index contributed by atoms with van der Waals surface area (Å²) in [6.07, 6.45) is 3.57. The van der Waals surface area contributed by atoms with Gasteiger partial charge in [0.05, 0.1) is 6.20 Å². The van der Waals surface area contributed by atoms with E-state index >= 15 is 0 Å². The van der Waals surface area contributed by atoms with Crippen molar-refractivity contribution in [3.05, 3.63) is 59.2 Å². The second-order valence-corrected chi connectivity index (χ2v) is 5.65. The highest BCUT2D eigenvalue weighted by atomic mass is 19.1. The topological polar surface area (TPSA) is 33.4 Å². The lowest BCUT2D eigenvalue weighted by atomic mass is 9.99. The van der Waals surface area contributed by atoms with Gasteiger partial charge in [-0.1, -0.05) is 13.0 Å². The molecule has 22 heavy (non-hydrogen) atoms. The van der Waals surface area contributed by atoms with Gasteiger partial charge in [-0.3, -0.25) is 0 Å². The van der Waals surface area contributed by atoms with Crippen LogP contribution in [-0.4, -0.2) is 21.1 Å². The van der Waals surface area contributed by atoms with Crippen LogP contribution in [0.5, 0.6) is 0 Å². The Morgan fingerprint density at radius 1 is 1.18 bits per heavy atom. The molecule has 0 aliphatic carbocycles. The summed E-state index contributed by atoms with van der Waals surface area (Å²) in [7, 11) is 0. The number of benzene rings is 1. The third-order valence-electron chi connectivity index (χ3n) is 4.26. The van der Waals surface area contributed by atoms with Gasteiger partial charge in [0.15, 0.2) is 5.65 Å². The highest BCUT2D eigenvalue weighted by molar-refractivity contribution is 5.52. The van der Waals surface area contributed by atoms with Crippen molar-refractivity contribution in [2.45, 2.75) is 26.3 Å². The summed E-state index contributed by atoms with van der Waals surface area (Å²) >= 11 is 0. The summed E-state index contributed by atoms with van der Waals surface area (Å²) in [5.41, 5.74) is 4.20. The Labute approximate surface area is 128 Å². The van der Waals surface area contributed by atoms with Crippen molar-refractivity contribution in [2.24, 2.45) is 0 Å². The standard InChI is InChI=1S/C17H17FN4/c1-2-15-10-17(22-16(20-15)5-7-19-22)21-8-6-12-3-4-14(18)9-13(12)11-21/h3-5,7,9-10H,2,6,8,11H2,1H3. The Balaban J connectivity index is 1.78. The van der Waals surface area contributed by atoms with E-state index in [1.807, 2.05) is 16.6 Å². The van der Waals surface area contributed by atoms with Crippen LogP contribution in [0.4, 0.5) is 10.2 Å². The van der Waals surface area contributed by atoms with Gasteiger partial charge in [-0.05, 0) is 36.1 Å². The van der Waals surface area contributed by atoms with Gasteiger partial charge in [-0.2, -0.15) is 9.61 Å². The van der Waals surface area contributed by atoms with Crippen molar-refractivity contribution in [1.82, 2.24) is 14.6 Å². The van der Waals surface area contributed by atoms with Gasteiger partial charge in [0.2, 0.25) is 0 Å². The summed E-state index contributed by atoms with van der Waals surface area (Å²) in [6.45, 7) is 3.70. The second-order valence-electron chi connectivity index (χ2n) is 5.65. The van der Waals surface area contributed by atoms with E-state index in [9.17, 15) is 4.39 Å². The third kappa shape index (κ3) is 2.13. The van der Waals surface area contributed by atoms with Gasteiger partial charge in [0.25, 0.3) is 0 Å². The van der Waals surface area contributed by atoms with Crippen LogP contribution >= 0.6 is 0 Å². The zero-order chi connectivity index (χ0) is 15.1. The number of fused-ring (bicyclic) bond motifs is 2. The first-order chi connectivity index (χ1) is 10.7. The van der Waals surface area contributed by atoms with Crippen LogP contribution in [0.3, 0.4) is 0 Å². The van der Waals surface area contributed by atoms with Crippen molar-refractivity contribution < 1.29 is 4.39 Å². The quantitative estimate of drug-likeness (QED) is 0.729. The zero-order valence-corrected chi connectivity index (χ0v) is 12.5. The summed E-state index contributed by atoms with van der Waals surface area (Å²) < 4.78 is 15.4. The molecule has 3 aromatic rings. The van der Waals surface area contributed by atoms with E-state index in [-0.39, 0.29) is 5.82 Å². The maximum absolute atomic E-state index is 13.5. The number of hydrogen-bond acceptors (Lipinski definition) is 3. The average Bonchev–Trinajstić information content (AvgIpc) is 3.01. The van der Waals surface area contributed by atoms with Crippen molar-refractivity contribution >= 4 is 11.5 Å². The van der Waals surface area contributed by atoms with Gasteiger partial charge >= 0.3 is 0 Å². The van der Waals surface area contributed by atoms with Crippen molar-refractivity contribution in [3.63, 3.8) is 0 Å². The van der Waals surface area contributed by atoms with E-state index in [0.29, 0.717) is 6.54 Å². The van der Waals surface area contributed by atoms with Crippen LogP contribution in [0.25, 0.3) is 5.65 Å². The molecule has 0 saturated carbocycles. The number of anilines is 1. The molecule has 0 saturated heterocycles. The van der Waals surface area contributed by atoms with E-state index < -0.39 is 0 Å². The minimum atomic E-state index is -0.172. The molecule has 3 heterocycles. The van der Waals surface area contributed by atoms with E-state index in [1.54, 1.807) is 18.3 Å². The fourth-order valence-electron chi connectivity index (χ4n) is 3.07. The Morgan fingerprint density at radius 2 is 2.09 bits per heavy atom. The molecule has 2 aromatic heterocycles. The molecule has 1 aromatic carbocycles. The minimum absolute atomic E-state index is 0.172. The monoisotopic (exact) mass is 296 g/mol. The number of nitrogens with zero attached hydrogens (tertiary/aromatic N) is 4. The molecule has 0 spiro atoms. The SMILES string of the molecule is CCc1cc(N2CCc3ccc(F)cc3C2)n2nccc2n1. The molecule has 112 valence electrons. The maximum atomic E-state index is 13.5. The van der Waals surface area contributed by atoms with Crippen LogP contribution in [0.15, 0.2) is 36.5 Å². The normalized spacial score (nSPS) is 14.4. The molecule has 0 radical (unpaired) electrons. The Hall–Kier alpha value is -2.43. The summed E-state index contributed by atoms with van der Waals surface area (Å²) in [5.74, 6) is 0.857. The Bertz CT molecular complexity index is 840. The van der Waals surface area contributed by atoms with E-state index in [4.69, 9.17) is 0 Å². The highest BCUT2D eigenvalue weighted by Gasteiger charge is 2.20. The lowest BCUT2D eigenvalue weighted by Crippen LogP contribution is -2.32. The smallest absolute Gasteiger partial charge is 0.157 e. The van der Waals surface area contributed by atoms with Crippen LogP contribution < -0.4 is 4.90 Å². The lowest BCUT2D eigenvalue weighted by Gasteiger charge is -2.31. The first kappa shape index (κ1) is 13.2. The molecule has 0 N–H and O–H groups in total. The lowest BCUT2D eigenvalue weighted by molar-refractivity contribution is 0.617. The molecule has 0 bridgehead atoms. The van der Waals surface area contributed by atoms with E-state index in [1.165, 1.54) is 5.56 Å². The predicted octanol–water partition coefficient (Wildman–Crippen LogP) is 2.99. The van der Waals surface area contributed by atoms with Crippen LogP contribution in [0.2, 0.25) is 0 Å². The van der Waals surface area contributed by atoms with Crippen LogP contribution in [0.1, 0.15) is 23.7 Å². The molecular weight excluding hydrogens is 279 g/mol. The number of aryl methyl sites for hydroxylation is 1. The molecule has 0 atom stereocenters.